The summed E-state index contributed by atoms with van der Waals surface area (Å²) in [6.07, 6.45) is 6.85. The van der Waals surface area contributed by atoms with Crippen LogP contribution in [0.3, 0.4) is 0 Å². The molecule has 1 amide bonds. The molecule has 144 valence electrons. The van der Waals surface area contributed by atoms with E-state index in [2.05, 4.69) is 4.72 Å². The minimum absolute atomic E-state index is 0.0487. The van der Waals surface area contributed by atoms with Crippen LogP contribution < -0.4 is 4.72 Å². The van der Waals surface area contributed by atoms with Gasteiger partial charge in [-0.05, 0) is 49.8 Å². The van der Waals surface area contributed by atoms with Crippen LogP contribution in [-0.2, 0) is 14.8 Å². The van der Waals surface area contributed by atoms with Crippen molar-refractivity contribution < 1.29 is 22.0 Å². The third-order valence-electron chi connectivity index (χ3n) is 5.40. The van der Waals surface area contributed by atoms with E-state index in [4.69, 9.17) is 0 Å². The minimum Gasteiger partial charge on any atom is -0.339 e. The van der Waals surface area contributed by atoms with Gasteiger partial charge in [0.15, 0.2) is 11.6 Å². The lowest BCUT2D eigenvalue weighted by Gasteiger charge is -2.29. The van der Waals surface area contributed by atoms with Gasteiger partial charge in [-0.15, -0.1) is 0 Å². The van der Waals surface area contributed by atoms with E-state index in [0.717, 1.165) is 44.4 Å². The first-order valence-corrected chi connectivity index (χ1v) is 10.6. The molecule has 1 atom stereocenters. The molecule has 26 heavy (non-hydrogen) atoms. The Bertz CT molecular complexity index is 764. The minimum atomic E-state index is -3.98. The summed E-state index contributed by atoms with van der Waals surface area (Å²) in [5.74, 6) is -1.81. The first-order valence-electron chi connectivity index (χ1n) is 9.12. The molecule has 1 aliphatic heterocycles. The van der Waals surface area contributed by atoms with E-state index in [1.807, 2.05) is 4.90 Å². The van der Waals surface area contributed by atoms with Gasteiger partial charge in [-0.1, -0.05) is 12.8 Å². The maximum Gasteiger partial charge on any atom is 0.240 e. The number of carbonyl (C=O) groups is 1. The van der Waals surface area contributed by atoms with Crippen LogP contribution in [0.1, 0.15) is 44.9 Å². The fourth-order valence-electron chi connectivity index (χ4n) is 4.10. The molecule has 0 radical (unpaired) electrons. The number of rotatable bonds is 6. The second-order valence-corrected chi connectivity index (χ2v) is 8.83. The maximum atomic E-state index is 13.2. The summed E-state index contributed by atoms with van der Waals surface area (Å²) in [7, 11) is -3.98. The van der Waals surface area contributed by atoms with Crippen molar-refractivity contribution >= 4 is 15.9 Å². The second kappa shape index (κ2) is 8.00. The van der Waals surface area contributed by atoms with Gasteiger partial charge >= 0.3 is 0 Å². The Labute approximate surface area is 152 Å². The van der Waals surface area contributed by atoms with Gasteiger partial charge in [0.2, 0.25) is 15.9 Å². The lowest BCUT2D eigenvalue weighted by Crippen LogP contribution is -2.40. The molecule has 1 aromatic rings. The summed E-state index contributed by atoms with van der Waals surface area (Å²) in [6.45, 7) is 0.671. The highest BCUT2D eigenvalue weighted by molar-refractivity contribution is 7.89. The van der Waals surface area contributed by atoms with E-state index in [1.165, 1.54) is 12.8 Å². The van der Waals surface area contributed by atoms with Gasteiger partial charge < -0.3 is 4.90 Å². The second-order valence-electron chi connectivity index (χ2n) is 7.06. The van der Waals surface area contributed by atoms with Crippen molar-refractivity contribution in [2.75, 3.05) is 13.1 Å². The number of likely N-dealkylation sites (tertiary alicyclic amines) is 1. The number of nitrogens with one attached hydrogen (secondary N) is 1. The van der Waals surface area contributed by atoms with Crippen molar-refractivity contribution in [3.05, 3.63) is 29.8 Å². The molecule has 1 N–H and O–H groups in total. The summed E-state index contributed by atoms with van der Waals surface area (Å²) in [4.78, 5) is 14.1. The summed E-state index contributed by atoms with van der Waals surface area (Å²) in [6, 6.07) is 2.69. The van der Waals surface area contributed by atoms with Crippen LogP contribution in [0.15, 0.2) is 23.1 Å². The number of sulfonamides is 1. The molecule has 3 rings (SSSR count). The molecular weight excluding hydrogens is 362 g/mol. The van der Waals surface area contributed by atoms with Gasteiger partial charge in [-0.3, -0.25) is 4.79 Å². The highest BCUT2D eigenvalue weighted by Crippen LogP contribution is 2.35. The third kappa shape index (κ3) is 4.23. The average molecular weight is 386 g/mol. The zero-order chi connectivity index (χ0) is 18.7. The number of carbonyl (C=O) groups excluding carboxylic acids is 1. The zero-order valence-electron chi connectivity index (χ0n) is 14.6. The van der Waals surface area contributed by atoms with Crippen LogP contribution >= 0.6 is 0 Å². The van der Waals surface area contributed by atoms with E-state index in [0.29, 0.717) is 12.0 Å². The van der Waals surface area contributed by atoms with Crippen molar-refractivity contribution in [1.29, 1.82) is 0 Å². The van der Waals surface area contributed by atoms with Crippen molar-refractivity contribution in [3.63, 3.8) is 0 Å². The van der Waals surface area contributed by atoms with Crippen molar-refractivity contribution in [2.45, 2.75) is 55.9 Å². The summed E-state index contributed by atoms with van der Waals surface area (Å²) in [5, 5.41) is 0. The van der Waals surface area contributed by atoms with Gasteiger partial charge in [0, 0.05) is 25.6 Å². The van der Waals surface area contributed by atoms with Crippen molar-refractivity contribution in [1.82, 2.24) is 9.62 Å². The van der Waals surface area contributed by atoms with E-state index in [-0.39, 0.29) is 29.8 Å². The molecule has 1 saturated heterocycles. The predicted octanol–water partition coefficient (Wildman–Crippen LogP) is 2.81. The van der Waals surface area contributed by atoms with Gasteiger partial charge in [-0.25, -0.2) is 21.9 Å². The van der Waals surface area contributed by atoms with Crippen molar-refractivity contribution in [2.24, 2.45) is 5.92 Å². The number of halogens is 2. The molecule has 1 saturated carbocycles. The van der Waals surface area contributed by atoms with Gasteiger partial charge in [0.05, 0.1) is 4.90 Å². The van der Waals surface area contributed by atoms with Crippen LogP contribution in [0.2, 0.25) is 0 Å². The summed E-state index contributed by atoms with van der Waals surface area (Å²) < 4.78 is 52.8. The number of amides is 1. The fourth-order valence-corrected chi connectivity index (χ4v) is 5.14. The quantitative estimate of drug-likeness (QED) is 0.818. The Balaban J connectivity index is 1.55. The molecule has 1 unspecified atom stereocenters. The highest BCUT2D eigenvalue weighted by Gasteiger charge is 2.35. The molecule has 0 spiro atoms. The smallest absolute Gasteiger partial charge is 0.240 e. The Morgan fingerprint density at radius 3 is 2.54 bits per heavy atom. The number of nitrogens with zero attached hydrogens (tertiary/aromatic N) is 1. The van der Waals surface area contributed by atoms with E-state index in [9.17, 15) is 22.0 Å². The highest BCUT2D eigenvalue weighted by atomic mass is 32.2. The number of hydrogen-bond donors (Lipinski definition) is 1. The number of benzene rings is 1. The van der Waals surface area contributed by atoms with Crippen LogP contribution in [0.25, 0.3) is 0 Å². The molecule has 1 heterocycles. The van der Waals surface area contributed by atoms with E-state index < -0.39 is 21.7 Å². The Kier molecular flexibility index (Phi) is 5.92. The van der Waals surface area contributed by atoms with Crippen LogP contribution in [-0.4, -0.2) is 38.4 Å². The van der Waals surface area contributed by atoms with Crippen LogP contribution in [0.5, 0.6) is 0 Å². The normalized spacial score (nSPS) is 21.5. The molecule has 2 aliphatic rings. The fraction of sp³-hybridized carbons (Fsp3) is 0.611. The molecule has 0 bridgehead atoms. The predicted molar refractivity (Wildman–Crippen MR) is 92.9 cm³/mol. The Hall–Kier alpha value is -1.54. The lowest BCUT2D eigenvalue weighted by atomic mass is 9.96. The van der Waals surface area contributed by atoms with Gasteiger partial charge in [-0.2, -0.15) is 0 Å². The Morgan fingerprint density at radius 2 is 1.85 bits per heavy atom. The standard InChI is InChI=1S/C18H24F2N2O3S/c19-15-8-7-14(12-16(15)20)26(24,25)21-10-9-18(23)22-11-3-6-17(22)13-4-1-2-5-13/h7-8,12-13,17,21H,1-6,9-11H2. The monoisotopic (exact) mass is 386 g/mol. The lowest BCUT2D eigenvalue weighted by molar-refractivity contribution is -0.132. The van der Waals surface area contributed by atoms with Crippen LogP contribution in [0, 0.1) is 17.6 Å². The molecule has 8 heteroatoms. The largest absolute Gasteiger partial charge is 0.339 e. The number of hydrogen-bond acceptors (Lipinski definition) is 3. The summed E-state index contributed by atoms with van der Waals surface area (Å²) in [5.41, 5.74) is 0. The topological polar surface area (TPSA) is 66.5 Å². The molecule has 0 aromatic heterocycles. The first kappa shape index (κ1) is 19.2. The first-order chi connectivity index (χ1) is 12.4. The Morgan fingerprint density at radius 1 is 1.12 bits per heavy atom. The summed E-state index contributed by atoms with van der Waals surface area (Å²) >= 11 is 0. The van der Waals surface area contributed by atoms with Gasteiger partial charge in [0.25, 0.3) is 0 Å². The zero-order valence-corrected chi connectivity index (χ0v) is 15.4. The molecular formula is C18H24F2N2O3S. The average Bonchev–Trinajstić information content (AvgIpc) is 3.27. The van der Waals surface area contributed by atoms with Gasteiger partial charge in [0.1, 0.15) is 0 Å². The van der Waals surface area contributed by atoms with Crippen LogP contribution in [0.4, 0.5) is 8.78 Å². The van der Waals surface area contributed by atoms with Crippen molar-refractivity contribution in [3.8, 4) is 0 Å². The molecule has 2 fully saturated rings. The van der Waals surface area contributed by atoms with E-state index >= 15 is 0 Å². The third-order valence-corrected chi connectivity index (χ3v) is 6.85. The molecule has 1 aromatic carbocycles. The maximum absolute atomic E-state index is 13.2. The SMILES string of the molecule is O=C(CCNS(=O)(=O)c1ccc(F)c(F)c1)N1CCCC1C1CCCC1. The molecule has 5 nitrogen and oxygen atoms in total. The molecule has 1 aliphatic carbocycles. The van der Waals surface area contributed by atoms with E-state index in [1.54, 1.807) is 0 Å².